The van der Waals surface area contributed by atoms with E-state index in [0.717, 1.165) is 5.69 Å². The monoisotopic (exact) mass is 277 g/mol. The number of amides is 1. The second-order valence-corrected chi connectivity index (χ2v) is 4.87. The number of halogens is 1. The average molecular weight is 278 g/mol. The van der Waals surface area contributed by atoms with Crippen molar-refractivity contribution in [3.05, 3.63) is 46.5 Å². The first-order valence-electron chi connectivity index (χ1n) is 5.83. The highest BCUT2D eigenvalue weighted by molar-refractivity contribution is 6.34. The van der Waals surface area contributed by atoms with E-state index in [4.69, 9.17) is 11.6 Å². The number of aliphatic hydroxyl groups is 1. The molecule has 0 saturated carbocycles. The van der Waals surface area contributed by atoms with Crippen LogP contribution in [0.5, 0.6) is 0 Å². The molecule has 3 rings (SSSR count). The molecule has 1 aliphatic rings. The van der Waals surface area contributed by atoms with Gasteiger partial charge in [-0.3, -0.25) is 4.79 Å². The maximum Gasteiger partial charge on any atom is 0.257 e. The molecule has 0 bridgehead atoms. The van der Waals surface area contributed by atoms with Gasteiger partial charge in [-0.25, -0.2) is 4.98 Å². The van der Waals surface area contributed by atoms with Gasteiger partial charge in [-0.05, 0) is 12.1 Å². The predicted molar refractivity (Wildman–Crippen MR) is 70.3 cm³/mol. The minimum absolute atomic E-state index is 0.131. The van der Waals surface area contributed by atoms with Gasteiger partial charge >= 0.3 is 0 Å². The lowest BCUT2D eigenvalue weighted by molar-refractivity contribution is 0.0787. The molecule has 0 unspecified atom stereocenters. The van der Waals surface area contributed by atoms with Gasteiger partial charge in [-0.1, -0.05) is 17.7 Å². The van der Waals surface area contributed by atoms with Gasteiger partial charge in [0.2, 0.25) is 0 Å². The molecule has 2 aromatic rings. The minimum atomic E-state index is -0.153. The third kappa shape index (κ3) is 1.74. The Morgan fingerprint density at radius 3 is 3.00 bits per heavy atom. The molecule has 0 atom stereocenters. The number of rotatable bonds is 1. The van der Waals surface area contributed by atoms with Crippen LogP contribution in [-0.2, 0) is 13.2 Å². The molecular formula is C13H12ClN3O2. The Labute approximate surface area is 115 Å². The van der Waals surface area contributed by atoms with Crippen LogP contribution in [0, 0.1) is 0 Å². The summed E-state index contributed by atoms with van der Waals surface area (Å²) in [5.41, 5.74) is 2.54. The average Bonchev–Trinajstić information content (AvgIpc) is 2.75. The van der Waals surface area contributed by atoms with Gasteiger partial charge in [-0.15, -0.1) is 0 Å². The molecule has 19 heavy (non-hydrogen) atoms. The Kier molecular flexibility index (Phi) is 2.80. The molecule has 1 amide bonds. The smallest absolute Gasteiger partial charge is 0.257 e. The molecule has 0 fully saturated rings. The van der Waals surface area contributed by atoms with Crippen molar-refractivity contribution in [2.24, 2.45) is 0 Å². The lowest BCUT2D eigenvalue weighted by Gasteiger charge is -2.14. The van der Waals surface area contributed by atoms with E-state index in [1.807, 2.05) is 10.6 Å². The van der Waals surface area contributed by atoms with Gasteiger partial charge < -0.3 is 14.6 Å². The van der Waals surface area contributed by atoms with Crippen LogP contribution in [-0.4, -0.2) is 32.5 Å². The Balaban J connectivity index is 2.33. The van der Waals surface area contributed by atoms with Crippen molar-refractivity contribution in [2.45, 2.75) is 13.2 Å². The molecule has 1 aliphatic heterocycles. The number of benzene rings is 1. The quantitative estimate of drug-likeness (QED) is 0.861. The van der Waals surface area contributed by atoms with Gasteiger partial charge in [0.1, 0.15) is 0 Å². The highest BCUT2D eigenvalue weighted by atomic mass is 35.5. The van der Waals surface area contributed by atoms with Crippen LogP contribution in [0.15, 0.2) is 24.5 Å². The number of hydrogen-bond donors (Lipinski definition) is 1. The molecule has 1 aromatic carbocycles. The summed E-state index contributed by atoms with van der Waals surface area (Å²) in [6.07, 6.45) is 1.61. The van der Waals surface area contributed by atoms with Crippen molar-refractivity contribution in [2.75, 3.05) is 7.05 Å². The van der Waals surface area contributed by atoms with Crippen LogP contribution in [0.1, 0.15) is 21.7 Å². The van der Waals surface area contributed by atoms with E-state index in [1.54, 1.807) is 30.4 Å². The molecule has 0 aliphatic carbocycles. The Morgan fingerprint density at radius 1 is 1.47 bits per heavy atom. The largest absolute Gasteiger partial charge is 0.390 e. The third-order valence-electron chi connectivity index (χ3n) is 3.30. The van der Waals surface area contributed by atoms with E-state index in [0.29, 0.717) is 28.5 Å². The molecule has 6 heteroatoms. The summed E-state index contributed by atoms with van der Waals surface area (Å²) in [7, 11) is 1.71. The van der Waals surface area contributed by atoms with Crippen molar-refractivity contribution in [3.63, 3.8) is 0 Å². The molecule has 0 radical (unpaired) electrons. The summed E-state index contributed by atoms with van der Waals surface area (Å²) in [6.45, 7) is 0.236. The summed E-state index contributed by atoms with van der Waals surface area (Å²) in [5, 5.41) is 9.74. The first-order chi connectivity index (χ1) is 9.13. The van der Waals surface area contributed by atoms with Crippen LogP contribution in [0.2, 0.25) is 5.02 Å². The van der Waals surface area contributed by atoms with E-state index < -0.39 is 0 Å². The van der Waals surface area contributed by atoms with E-state index in [2.05, 4.69) is 4.98 Å². The number of carbonyl (C=O) groups excluding carboxylic acids is 1. The van der Waals surface area contributed by atoms with Crippen molar-refractivity contribution < 1.29 is 9.90 Å². The number of carbonyl (C=O) groups is 1. The molecule has 1 aromatic heterocycles. The zero-order valence-corrected chi connectivity index (χ0v) is 11.1. The fourth-order valence-electron chi connectivity index (χ4n) is 2.33. The maximum absolute atomic E-state index is 12.4. The van der Waals surface area contributed by atoms with Gasteiger partial charge in [0, 0.05) is 7.05 Å². The number of aliphatic hydroxyl groups excluding tert-OH is 1. The number of nitrogens with zero attached hydrogens (tertiary/aromatic N) is 3. The van der Waals surface area contributed by atoms with Crippen LogP contribution >= 0.6 is 11.6 Å². The lowest BCUT2D eigenvalue weighted by Crippen LogP contribution is -2.25. The standard InChI is InChI=1S/C13H12ClN3O2/c1-16-5-11-9(6-18)15-7-17(11)10-4-2-3-8(14)12(10)13(16)19/h2-4,7,18H,5-6H2,1H3. The fourth-order valence-corrected chi connectivity index (χ4v) is 2.58. The summed E-state index contributed by atoms with van der Waals surface area (Å²) in [4.78, 5) is 18.1. The Bertz CT molecular complexity index is 666. The zero-order chi connectivity index (χ0) is 13.6. The molecule has 0 saturated heterocycles. The second kappa shape index (κ2) is 4.36. The van der Waals surface area contributed by atoms with Crippen molar-refractivity contribution in [1.29, 1.82) is 0 Å². The summed E-state index contributed by atoms with van der Waals surface area (Å²) < 4.78 is 1.81. The maximum atomic E-state index is 12.4. The molecule has 98 valence electrons. The minimum Gasteiger partial charge on any atom is -0.390 e. The topological polar surface area (TPSA) is 58.4 Å². The van der Waals surface area contributed by atoms with Crippen molar-refractivity contribution in [3.8, 4) is 5.69 Å². The number of fused-ring (bicyclic) bond motifs is 3. The highest BCUT2D eigenvalue weighted by Crippen LogP contribution is 2.30. The first kappa shape index (κ1) is 12.2. The molecule has 2 heterocycles. The third-order valence-corrected chi connectivity index (χ3v) is 3.62. The SMILES string of the molecule is CN1Cc2c(CO)ncn2-c2cccc(Cl)c2C1=O. The van der Waals surface area contributed by atoms with Gasteiger partial charge in [0.05, 0.1) is 47.1 Å². The van der Waals surface area contributed by atoms with Crippen molar-refractivity contribution >= 4 is 17.5 Å². The van der Waals surface area contributed by atoms with E-state index in [-0.39, 0.29) is 12.5 Å². The Hall–Kier alpha value is -1.85. The summed E-state index contributed by atoms with van der Waals surface area (Å²) in [5.74, 6) is -0.131. The zero-order valence-electron chi connectivity index (χ0n) is 10.3. The van der Waals surface area contributed by atoms with Crippen LogP contribution in [0.3, 0.4) is 0 Å². The summed E-state index contributed by atoms with van der Waals surface area (Å²) >= 11 is 6.15. The lowest BCUT2D eigenvalue weighted by atomic mass is 10.1. The van der Waals surface area contributed by atoms with Gasteiger partial charge in [0.15, 0.2) is 0 Å². The van der Waals surface area contributed by atoms with Crippen LogP contribution in [0.4, 0.5) is 0 Å². The van der Waals surface area contributed by atoms with Crippen molar-refractivity contribution in [1.82, 2.24) is 14.5 Å². The van der Waals surface area contributed by atoms with E-state index in [9.17, 15) is 9.90 Å². The molecule has 1 N–H and O–H groups in total. The normalized spacial score (nSPS) is 14.1. The second-order valence-electron chi connectivity index (χ2n) is 4.46. The number of aromatic nitrogens is 2. The Morgan fingerprint density at radius 2 is 2.26 bits per heavy atom. The molecule has 0 spiro atoms. The van der Waals surface area contributed by atoms with Crippen LogP contribution < -0.4 is 0 Å². The highest BCUT2D eigenvalue weighted by Gasteiger charge is 2.27. The predicted octanol–water partition coefficient (Wildman–Crippen LogP) is 1.60. The van der Waals surface area contributed by atoms with E-state index in [1.165, 1.54) is 0 Å². The fraction of sp³-hybridized carbons (Fsp3) is 0.231. The molecular weight excluding hydrogens is 266 g/mol. The molecule has 5 nitrogen and oxygen atoms in total. The number of hydrogen-bond acceptors (Lipinski definition) is 3. The first-order valence-corrected chi connectivity index (χ1v) is 6.21. The van der Waals surface area contributed by atoms with Gasteiger partial charge in [-0.2, -0.15) is 0 Å². The van der Waals surface area contributed by atoms with Crippen LogP contribution in [0.25, 0.3) is 5.69 Å². The summed E-state index contributed by atoms with van der Waals surface area (Å²) in [6, 6.07) is 5.31. The van der Waals surface area contributed by atoms with E-state index >= 15 is 0 Å². The number of imidazole rings is 1. The van der Waals surface area contributed by atoms with Gasteiger partial charge in [0.25, 0.3) is 5.91 Å².